The molecule has 0 N–H and O–H groups in total. The monoisotopic (exact) mass is 350 g/mol. The fourth-order valence-corrected chi connectivity index (χ4v) is 3.14. The number of rotatable bonds is 7. The molecule has 1 heterocycles. The first kappa shape index (κ1) is 17.9. The van der Waals surface area contributed by atoms with Crippen LogP contribution in [0.1, 0.15) is 47.7 Å². The highest BCUT2D eigenvalue weighted by Crippen LogP contribution is 2.24. The highest BCUT2D eigenvalue weighted by molar-refractivity contribution is 6.11. The lowest BCUT2D eigenvalue weighted by atomic mass is 9.94. The second-order valence-corrected chi connectivity index (χ2v) is 6.25. The van der Waals surface area contributed by atoms with Gasteiger partial charge in [0, 0.05) is 10.9 Å². The number of para-hydroxylation sites is 1. The molecule has 0 aliphatic carbocycles. The normalized spacial score (nSPS) is 10.8. The van der Waals surface area contributed by atoms with E-state index in [4.69, 9.17) is 9.15 Å². The first-order chi connectivity index (χ1) is 12.7. The van der Waals surface area contributed by atoms with Gasteiger partial charge >= 0.3 is 5.63 Å². The molecule has 0 unspecified atom stereocenters. The molecule has 0 saturated heterocycles. The summed E-state index contributed by atoms with van der Waals surface area (Å²) in [6, 6.07) is 14.2. The molecule has 0 bridgehead atoms. The molecule has 0 amide bonds. The third kappa shape index (κ3) is 3.54. The van der Waals surface area contributed by atoms with E-state index >= 15 is 0 Å². The molecule has 26 heavy (non-hydrogen) atoms. The number of unbranched alkanes of at least 4 members (excludes halogenated alkanes) is 2. The maximum Gasteiger partial charge on any atom is 0.347 e. The molecule has 0 aliphatic heterocycles. The number of aryl methyl sites for hydroxylation is 1. The van der Waals surface area contributed by atoms with Gasteiger partial charge in [-0.15, -0.1) is 0 Å². The summed E-state index contributed by atoms with van der Waals surface area (Å²) in [4.78, 5) is 25.7. The van der Waals surface area contributed by atoms with Crippen LogP contribution in [0.2, 0.25) is 0 Å². The Balaban J connectivity index is 2.13. The minimum Gasteiger partial charge on any atom is -0.497 e. The molecule has 0 saturated carbocycles. The van der Waals surface area contributed by atoms with Crippen molar-refractivity contribution in [1.29, 1.82) is 0 Å². The van der Waals surface area contributed by atoms with Gasteiger partial charge in [0.2, 0.25) is 5.78 Å². The summed E-state index contributed by atoms with van der Waals surface area (Å²) < 4.78 is 10.6. The Bertz CT molecular complexity index is 968. The zero-order valence-corrected chi connectivity index (χ0v) is 15.1. The summed E-state index contributed by atoms with van der Waals surface area (Å²) in [5.41, 5.74) is 1.33. The minimum absolute atomic E-state index is 0.143. The number of carbonyl (C=O) groups excluding carboxylic acids is 1. The average Bonchev–Trinajstić information content (AvgIpc) is 2.67. The van der Waals surface area contributed by atoms with Gasteiger partial charge in [0.1, 0.15) is 16.9 Å². The lowest BCUT2D eigenvalue weighted by Gasteiger charge is -2.11. The van der Waals surface area contributed by atoms with Gasteiger partial charge in [0.25, 0.3) is 0 Å². The quantitative estimate of drug-likeness (QED) is 0.350. The summed E-state index contributed by atoms with van der Waals surface area (Å²) in [5.74, 6) is 0.355. The van der Waals surface area contributed by atoms with Crippen molar-refractivity contribution in [2.24, 2.45) is 0 Å². The molecular weight excluding hydrogens is 328 g/mol. The highest BCUT2D eigenvalue weighted by atomic mass is 16.5. The molecule has 0 radical (unpaired) electrons. The van der Waals surface area contributed by atoms with Crippen LogP contribution in [0.3, 0.4) is 0 Å². The van der Waals surface area contributed by atoms with E-state index in [0.29, 0.717) is 23.3 Å². The topological polar surface area (TPSA) is 56.5 Å². The molecule has 0 spiro atoms. The summed E-state index contributed by atoms with van der Waals surface area (Å²) in [7, 11) is 1.57. The number of benzene rings is 2. The second-order valence-electron chi connectivity index (χ2n) is 6.25. The Morgan fingerprint density at radius 3 is 2.46 bits per heavy atom. The van der Waals surface area contributed by atoms with Gasteiger partial charge in [0.15, 0.2) is 0 Å². The number of carbonyl (C=O) groups is 1. The van der Waals surface area contributed by atoms with E-state index in [9.17, 15) is 9.59 Å². The van der Waals surface area contributed by atoms with Crippen molar-refractivity contribution in [3.63, 3.8) is 0 Å². The number of hydrogen-bond donors (Lipinski definition) is 0. The van der Waals surface area contributed by atoms with E-state index in [1.165, 1.54) is 0 Å². The standard InChI is InChI=1S/C22H22O4/c1-3-4-5-9-18-17-8-6-7-10-19(17)26-22(24)20(18)21(23)15-11-13-16(25-2)14-12-15/h6-8,10-14H,3-5,9H2,1-2H3. The molecule has 0 fully saturated rings. The maximum atomic E-state index is 13.1. The molecule has 2 aromatic carbocycles. The van der Waals surface area contributed by atoms with Crippen LogP contribution in [0.4, 0.5) is 0 Å². The van der Waals surface area contributed by atoms with Crippen LogP contribution in [0, 0.1) is 0 Å². The van der Waals surface area contributed by atoms with Crippen LogP contribution in [-0.2, 0) is 6.42 Å². The Morgan fingerprint density at radius 2 is 1.77 bits per heavy atom. The van der Waals surface area contributed by atoms with Gasteiger partial charge in [-0.2, -0.15) is 0 Å². The van der Waals surface area contributed by atoms with E-state index < -0.39 is 5.63 Å². The number of ether oxygens (including phenoxy) is 1. The van der Waals surface area contributed by atoms with Crippen molar-refractivity contribution in [2.75, 3.05) is 7.11 Å². The Morgan fingerprint density at radius 1 is 1.04 bits per heavy atom. The lowest BCUT2D eigenvalue weighted by molar-refractivity contribution is 0.103. The van der Waals surface area contributed by atoms with Crippen molar-refractivity contribution in [3.8, 4) is 5.75 Å². The molecule has 4 nitrogen and oxygen atoms in total. The lowest BCUT2D eigenvalue weighted by Crippen LogP contribution is -2.19. The molecule has 134 valence electrons. The maximum absolute atomic E-state index is 13.1. The predicted octanol–water partition coefficient (Wildman–Crippen LogP) is 4.77. The summed E-state index contributed by atoms with van der Waals surface area (Å²) >= 11 is 0. The predicted molar refractivity (Wildman–Crippen MR) is 102 cm³/mol. The zero-order chi connectivity index (χ0) is 18.5. The Kier molecular flexibility index (Phi) is 5.52. The third-order valence-corrected chi connectivity index (χ3v) is 4.53. The highest BCUT2D eigenvalue weighted by Gasteiger charge is 2.22. The molecule has 3 rings (SSSR count). The van der Waals surface area contributed by atoms with Crippen LogP contribution < -0.4 is 10.4 Å². The number of hydrogen-bond acceptors (Lipinski definition) is 4. The van der Waals surface area contributed by atoms with Crippen molar-refractivity contribution < 1.29 is 13.9 Å². The number of ketones is 1. The molecule has 4 heteroatoms. The van der Waals surface area contributed by atoms with Crippen LogP contribution in [0.25, 0.3) is 11.0 Å². The van der Waals surface area contributed by atoms with Gasteiger partial charge in [0.05, 0.1) is 7.11 Å². The van der Waals surface area contributed by atoms with Gasteiger partial charge in [-0.05, 0) is 48.7 Å². The van der Waals surface area contributed by atoms with E-state index in [1.54, 1.807) is 37.4 Å². The van der Waals surface area contributed by atoms with Crippen molar-refractivity contribution in [1.82, 2.24) is 0 Å². The smallest absolute Gasteiger partial charge is 0.347 e. The van der Waals surface area contributed by atoms with Crippen LogP contribution >= 0.6 is 0 Å². The molecule has 1 aromatic heterocycles. The first-order valence-electron chi connectivity index (χ1n) is 8.89. The van der Waals surface area contributed by atoms with E-state index in [1.807, 2.05) is 18.2 Å². The number of methoxy groups -OCH3 is 1. The zero-order valence-electron chi connectivity index (χ0n) is 15.1. The van der Waals surface area contributed by atoms with E-state index in [-0.39, 0.29) is 11.3 Å². The largest absolute Gasteiger partial charge is 0.497 e. The van der Waals surface area contributed by atoms with E-state index in [0.717, 1.165) is 30.2 Å². The fraction of sp³-hybridized carbons (Fsp3) is 0.273. The molecular formula is C22H22O4. The van der Waals surface area contributed by atoms with Crippen molar-refractivity contribution in [2.45, 2.75) is 32.6 Å². The summed E-state index contributed by atoms with van der Waals surface area (Å²) in [6.07, 6.45) is 3.72. The van der Waals surface area contributed by atoms with Crippen LogP contribution in [0.15, 0.2) is 57.7 Å². The van der Waals surface area contributed by atoms with E-state index in [2.05, 4.69) is 6.92 Å². The fourth-order valence-electron chi connectivity index (χ4n) is 3.14. The molecule has 3 aromatic rings. The molecule has 0 atom stereocenters. The number of fused-ring (bicyclic) bond motifs is 1. The van der Waals surface area contributed by atoms with Gasteiger partial charge < -0.3 is 9.15 Å². The second kappa shape index (κ2) is 8.00. The summed E-state index contributed by atoms with van der Waals surface area (Å²) in [6.45, 7) is 2.13. The minimum atomic E-state index is -0.573. The Hall–Kier alpha value is -2.88. The first-order valence-corrected chi connectivity index (χ1v) is 8.89. The Labute approximate surface area is 152 Å². The van der Waals surface area contributed by atoms with Gasteiger partial charge in [-0.3, -0.25) is 4.79 Å². The molecule has 0 aliphatic rings. The van der Waals surface area contributed by atoms with Crippen LogP contribution in [-0.4, -0.2) is 12.9 Å². The van der Waals surface area contributed by atoms with Gasteiger partial charge in [-0.25, -0.2) is 4.79 Å². The van der Waals surface area contributed by atoms with Crippen LogP contribution in [0.5, 0.6) is 5.75 Å². The average molecular weight is 350 g/mol. The van der Waals surface area contributed by atoms with Crippen molar-refractivity contribution >= 4 is 16.8 Å². The third-order valence-electron chi connectivity index (χ3n) is 4.53. The van der Waals surface area contributed by atoms with Gasteiger partial charge in [-0.1, -0.05) is 38.0 Å². The SMILES string of the molecule is CCCCCc1c(C(=O)c2ccc(OC)cc2)c(=O)oc2ccccc12. The summed E-state index contributed by atoms with van der Waals surface area (Å²) in [5, 5.41) is 0.833. The van der Waals surface area contributed by atoms with Crippen molar-refractivity contribution in [3.05, 3.63) is 75.6 Å².